The number of phosphoric ester groups is 2. The SMILES string of the molecule is CCC(C)CCCCCCCCCCCCCCCCCCCCC(=O)O[C@H](COC(=O)CCCCCCCCC(C)C)COP(=O)(O)OC[C@H](O)COP(=O)(O)OC[C@@H](COC(=O)CCCCCCCCC(C)C)OC(=O)CCCCCCCCCCCCCCCC(C)C. The summed E-state index contributed by atoms with van der Waals surface area (Å²) in [6.07, 6.45) is 51.8. The minimum atomic E-state index is -4.96. The van der Waals surface area contributed by atoms with Gasteiger partial charge in [0.15, 0.2) is 12.2 Å². The fourth-order valence-corrected chi connectivity index (χ4v) is 13.3. The summed E-state index contributed by atoms with van der Waals surface area (Å²) in [5.41, 5.74) is 0. The molecule has 570 valence electrons. The minimum absolute atomic E-state index is 0.106. The number of carbonyl (C=O) groups excluding carboxylic acids is 4. The third-order valence-corrected chi connectivity index (χ3v) is 20.1. The minimum Gasteiger partial charge on any atom is -0.462 e. The molecule has 0 bridgehead atoms. The molecule has 0 aromatic rings. The van der Waals surface area contributed by atoms with Gasteiger partial charge in [-0.3, -0.25) is 37.3 Å². The summed E-state index contributed by atoms with van der Waals surface area (Å²) in [5.74, 6) is 0.891. The number of hydrogen-bond donors (Lipinski definition) is 3. The van der Waals surface area contributed by atoms with Gasteiger partial charge in [-0.15, -0.1) is 0 Å². The lowest BCUT2D eigenvalue weighted by Gasteiger charge is -2.21. The molecule has 0 aromatic carbocycles. The van der Waals surface area contributed by atoms with Crippen LogP contribution in [0.15, 0.2) is 0 Å². The second kappa shape index (κ2) is 66.3. The van der Waals surface area contributed by atoms with Gasteiger partial charge in [0.25, 0.3) is 0 Å². The van der Waals surface area contributed by atoms with E-state index in [0.717, 1.165) is 115 Å². The van der Waals surface area contributed by atoms with Crippen molar-refractivity contribution in [3.05, 3.63) is 0 Å². The molecule has 0 heterocycles. The summed E-state index contributed by atoms with van der Waals surface area (Å²) in [6, 6.07) is 0. The van der Waals surface area contributed by atoms with Gasteiger partial charge in [0.2, 0.25) is 0 Å². The van der Waals surface area contributed by atoms with Crippen LogP contribution in [-0.2, 0) is 65.4 Å². The van der Waals surface area contributed by atoms with Crippen molar-refractivity contribution in [2.24, 2.45) is 23.7 Å². The van der Waals surface area contributed by atoms with E-state index in [9.17, 15) is 43.2 Å². The number of carbonyl (C=O) groups is 4. The van der Waals surface area contributed by atoms with Crippen molar-refractivity contribution in [1.82, 2.24) is 0 Å². The van der Waals surface area contributed by atoms with Crippen molar-refractivity contribution < 1.29 is 80.2 Å². The maximum Gasteiger partial charge on any atom is 0.472 e. The molecule has 0 amide bonds. The molecular formula is C77H150O17P2. The fraction of sp³-hybridized carbons (Fsp3) is 0.948. The summed E-state index contributed by atoms with van der Waals surface area (Å²) in [5, 5.41) is 10.6. The van der Waals surface area contributed by atoms with Crippen LogP contribution in [0.1, 0.15) is 389 Å². The van der Waals surface area contributed by atoms with E-state index in [4.69, 9.17) is 37.0 Å². The molecule has 96 heavy (non-hydrogen) atoms. The van der Waals surface area contributed by atoms with Gasteiger partial charge in [-0.05, 0) is 49.4 Å². The molecule has 0 fully saturated rings. The van der Waals surface area contributed by atoms with E-state index in [1.165, 1.54) is 180 Å². The Balaban J connectivity index is 5.13. The molecule has 6 atom stereocenters. The van der Waals surface area contributed by atoms with Crippen molar-refractivity contribution in [2.45, 2.75) is 408 Å². The Morgan fingerprint density at radius 3 is 0.740 bits per heavy atom. The summed E-state index contributed by atoms with van der Waals surface area (Å²) in [6.45, 7) is 14.1. The predicted molar refractivity (Wildman–Crippen MR) is 391 cm³/mol. The van der Waals surface area contributed by atoms with Crippen molar-refractivity contribution in [1.29, 1.82) is 0 Å². The highest BCUT2D eigenvalue weighted by Gasteiger charge is 2.30. The van der Waals surface area contributed by atoms with Gasteiger partial charge in [-0.1, -0.05) is 338 Å². The molecule has 17 nitrogen and oxygen atoms in total. The standard InChI is InChI=1S/C77H150O17P2/c1-9-70(8)56-48-40-30-26-22-18-14-12-10-11-13-15-19-23-27-31-43-51-59-76(81)93-72(63-87-74(79)57-49-41-35-33-38-46-54-68(4)5)65-91-95(83,84)89-61-71(78)62-90-96(85,86)92-66-73(64-88-75(80)58-50-42-36-34-39-47-55-69(6)7)94-77(82)60-52-44-32-28-24-20-16-17-21-25-29-37-45-53-67(2)3/h67-73,78H,9-66H2,1-8H3,(H,83,84)(H,85,86)/t70?,71-,72+,73+/m0/s1. The number of esters is 4. The molecule has 0 aromatic heterocycles. The zero-order valence-electron chi connectivity index (χ0n) is 63.0. The van der Waals surface area contributed by atoms with Crippen LogP contribution in [-0.4, -0.2) is 96.7 Å². The van der Waals surface area contributed by atoms with Crippen molar-refractivity contribution >= 4 is 39.5 Å². The average Bonchev–Trinajstić information content (AvgIpc) is 2.05. The number of phosphoric acid groups is 2. The highest BCUT2D eigenvalue weighted by Crippen LogP contribution is 2.45. The van der Waals surface area contributed by atoms with Gasteiger partial charge >= 0.3 is 39.5 Å². The second-order valence-electron chi connectivity index (χ2n) is 29.4. The van der Waals surface area contributed by atoms with Crippen molar-refractivity contribution in [2.75, 3.05) is 39.6 Å². The van der Waals surface area contributed by atoms with Gasteiger partial charge in [0.1, 0.15) is 19.3 Å². The van der Waals surface area contributed by atoms with Gasteiger partial charge in [0.05, 0.1) is 26.4 Å². The van der Waals surface area contributed by atoms with Gasteiger partial charge in [-0.2, -0.15) is 0 Å². The lowest BCUT2D eigenvalue weighted by Crippen LogP contribution is -2.30. The molecule has 0 spiro atoms. The lowest BCUT2D eigenvalue weighted by molar-refractivity contribution is -0.161. The number of aliphatic hydroxyl groups is 1. The highest BCUT2D eigenvalue weighted by molar-refractivity contribution is 7.47. The number of unbranched alkanes of at least 4 members (excludes halogenated alkanes) is 39. The van der Waals surface area contributed by atoms with Crippen LogP contribution in [0.2, 0.25) is 0 Å². The third-order valence-electron chi connectivity index (χ3n) is 18.2. The number of ether oxygens (including phenoxy) is 4. The van der Waals surface area contributed by atoms with E-state index in [0.29, 0.717) is 37.5 Å². The summed E-state index contributed by atoms with van der Waals surface area (Å²) in [7, 11) is -9.91. The second-order valence-corrected chi connectivity index (χ2v) is 32.3. The summed E-state index contributed by atoms with van der Waals surface area (Å²) in [4.78, 5) is 72.7. The Bertz CT molecular complexity index is 1890. The molecule has 0 aliphatic heterocycles. The Morgan fingerprint density at radius 1 is 0.292 bits per heavy atom. The first-order chi connectivity index (χ1) is 46.1. The molecule has 0 saturated carbocycles. The molecule has 3 N–H and O–H groups in total. The molecule has 0 rings (SSSR count). The first-order valence-corrected chi connectivity index (χ1v) is 42.7. The van der Waals surface area contributed by atoms with E-state index in [1.807, 2.05) is 0 Å². The highest BCUT2D eigenvalue weighted by atomic mass is 31.2. The van der Waals surface area contributed by atoms with E-state index >= 15 is 0 Å². The topological polar surface area (TPSA) is 237 Å². The van der Waals surface area contributed by atoms with Crippen LogP contribution >= 0.6 is 15.6 Å². The predicted octanol–water partition coefficient (Wildman–Crippen LogP) is 22.4. The Labute approximate surface area is 588 Å². The first kappa shape index (κ1) is 94.1. The van der Waals surface area contributed by atoms with Gasteiger partial charge in [0, 0.05) is 25.7 Å². The van der Waals surface area contributed by atoms with E-state index in [1.54, 1.807) is 0 Å². The normalized spacial score (nSPS) is 14.4. The first-order valence-electron chi connectivity index (χ1n) is 39.7. The Morgan fingerprint density at radius 2 is 0.500 bits per heavy atom. The Kier molecular flexibility index (Phi) is 65.0. The molecule has 0 radical (unpaired) electrons. The van der Waals surface area contributed by atoms with Crippen LogP contribution < -0.4 is 0 Å². The number of rotatable bonds is 74. The molecule has 3 unspecified atom stereocenters. The van der Waals surface area contributed by atoms with E-state index in [2.05, 4.69) is 55.4 Å². The maximum atomic E-state index is 13.1. The van der Waals surface area contributed by atoms with Crippen LogP contribution in [0.4, 0.5) is 0 Å². The van der Waals surface area contributed by atoms with Gasteiger partial charge in [-0.25, -0.2) is 9.13 Å². The van der Waals surface area contributed by atoms with Crippen LogP contribution in [0.5, 0.6) is 0 Å². The number of aliphatic hydroxyl groups excluding tert-OH is 1. The number of hydrogen-bond acceptors (Lipinski definition) is 15. The fourth-order valence-electron chi connectivity index (χ4n) is 11.7. The maximum absolute atomic E-state index is 13.1. The molecular weight excluding hydrogens is 1260 g/mol. The van der Waals surface area contributed by atoms with Crippen LogP contribution in [0.25, 0.3) is 0 Å². The summed E-state index contributed by atoms with van der Waals surface area (Å²) >= 11 is 0. The van der Waals surface area contributed by atoms with Gasteiger partial charge < -0.3 is 33.8 Å². The lowest BCUT2D eigenvalue weighted by atomic mass is 9.99. The average molecular weight is 1410 g/mol. The van der Waals surface area contributed by atoms with Crippen molar-refractivity contribution in [3.8, 4) is 0 Å². The molecule has 0 aliphatic rings. The van der Waals surface area contributed by atoms with Crippen LogP contribution in [0, 0.1) is 23.7 Å². The summed E-state index contributed by atoms with van der Waals surface area (Å²) < 4.78 is 68.4. The zero-order valence-corrected chi connectivity index (χ0v) is 64.8. The smallest absolute Gasteiger partial charge is 0.462 e. The molecule has 0 saturated heterocycles. The zero-order chi connectivity index (χ0) is 71.0. The quantitative estimate of drug-likeness (QED) is 0.0222. The monoisotopic (exact) mass is 1410 g/mol. The molecule has 0 aliphatic carbocycles. The van der Waals surface area contributed by atoms with Crippen molar-refractivity contribution in [3.63, 3.8) is 0 Å². The Hall–Kier alpha value is -1.94. The molecule has 19 heteroatoms. The third kappa shape index (κ3) is 69.2. The largest absolute Gasteiger partial charge is 0.472 e. The van der Waals surface area contributed by atoms with Crippen LogP contribution in [0.3, 0.4) is 0 Å². The van der Waals surface area contributed by atoms with E-state index in [-0.39, 0.29) is 25.7 Å². The van der Waals surface area contributed by atoms with E-state index < -0.39 is 97.5 Å².